The van der Waals surface area contributed by atoms with Crippen molar-refractivity contribution >= 4 is 32.6 Å². The van der Waals surface area contributed by atoms with Crippen molar-refractivity contribution in [1.82, 2.24) is 14.3 Å². The number of benzene rings is 1. The lowest BCUT2D eigenvalue weighted by atomic mass is 9.87. The van der Waals surface area contributed by atoms with Crippen LogP contribution >= 0.6 is 0 Å². The maximum Gasteiger partial charge on any atom is 0.274 e. The van der Waals surface area contributed by atoms with Crippen LogP contribution in [0.1, 0.15) is 61.0 Å². The molecule has 2 heterocycles. The van der Waals surface area contributed by atoms with Gasteiger partial charge in [-0.2, -0.15) is 13.5 Å². The lowest BCUT2D eigenvalue weighted by Crippen LogP contribution is -2.25. The van der Waals surface area contributed by atoms with Gasteiger partial charge in [0, 0.05) is 29.9 Å². The van der Waals surface area contributed by atoms with Gasteiger partial charge in [-0.05, 0) is 62.6 Å². The molecule has 2 saturated carbocycles. The highest BCUT2D eigenvalue weighted by Crippen LogP contribution is 2.35. The molecule has 0 spiro atoms. The highest BCUT2D eigenvalue weighted by molar-refractivity contribution is 7.85. The number of carbonyl (C=O) groups is 1. The number of ether oxygens (including phenoxy) is 1. The second-order valence-corrected chi connectivity index (χ2v) is 11.3. The molecule has 11 heteroatoms. The third-order valence-corrected chi connectivity index (χ3v) is 7.52. The molecule has 2 fully saturated rings. The Morgan fingerprint density at radius 1 is 1.14 bits per heavy atom. The first-order chi connectivity index (χ1) is 17.2. The number of carbonyl (C=O) groups excluding carboxylic acids is 1. The smallest absolute Gasteiger partial charge is 0.274 e. The second-order valence-electron chi connectivity index (χ2n) is 9.70. The van der Waals surface area contributed by atoms with Gasteiger partial charge >= 0.3 is 0 Å². The molecule has 5 rings (SSSR count). The number of nitrogens with one attached hydrogen (secondary N) is 1. The zero-order valence-corrected chi connectivity index (χ0v) is 21.2. The highest BCUT2D eigenvalue weighted by Gasteiger charge is 2.27. The number of fused-ring (bicyclic) bond motifs is 1. The third kappa shape index (κ3) is 5.31. The standard InChI is InChI=1S/C25H30N4O6S/c1-34-23-13-22-17(14-29(27-22)19-7-5-16(6-8-19)15-35-36(2,32)33)12-20(23)24(30)26-21-4-3-11-28(25(21)31)18-9-10-18/h3-4,11-14,16,18-19H,5-10,15H2,1-2H3,(H,26,30). The van der Waals surface area contributed by atoms with Crippen molar-refractivity contribution in [3.63, 3.8) is 0 Å². The van der Waals surface area contributed by atoms with Crippen LogP contribution in [-0.4, -0.2) is 48.6 Å². The molecular weight excluding hydrogens is 484 g/mol. The van der Waals surface area contributed by atoms with Crippen LogP contribution in [0.4, 0.5) is 5.69 Å². The van der Waals surface area contributed by atoms with E-state index in [-0.39, 0.29) is 35.9 Å². The van der Waals surface area contributed by atoms with E-state index in [0.717, 1.165) is 50.2 Å². The normalized spacial score (nSPS) is 20.4. The minimum atomic E-state index is -3.43. The van der Waals surface area contributed by atoms with Crippen molar-refractivity contribution in [2.45, 2.75) is 50.6 Å². The summed E-state index contributed by atoms with van der Waals surface area (Å²) in [5.41, 5.74) is 1.07. The number of nitrogens with zero attached hydrogens (tertiary/aromatic N) is 3. The quantitative estimate of drug-likeness (QED) is 0.457. The van der Waals surface area contributed by atoms with Crippen LogP contribution in [-0.2, 0) is 14.3 Å². The molecule has 2 aromatic heterocycles. The van der Waals surface area contributed by atoms with Gasteiger partial charge in [-0.25, -0.2) is 0 Å². The van der Waals surface area contributed by atoms with Gasteiger partial charge in [-0.1, -0.05) is 0 Å². The number of hydrogen-bond acceptors (Lipinski definition) is 7. The van der Waals surface area contributed by atoms with E-state index < -0.39 is 16.0 Å². The summed E-state index contributed by atoms with van der Waals surface area (Å²) < 4.78 is 36.6. The van der Waals surface area contributed by atoms with Crippen LogP contribution in [0.15, 0.2) is 41.5 Å². The molecule has 0 saturated heterocycles. The van der Waals surface area contributed by atoms with Crippen LogP contribution in [0.5, 0.6) is 5.75 Å². The van der Waals surface area contributed by atoms with Crippen LogP contribution < -0.4 is 15.6 Å². The first kappa shape index (κ1) is 24.5. The van der Waals surface area contributed by atoms with Crippen LogP contribution in [0.3, 0.4) is 0 Å². The third-order valence-electron chi connectivity index (χ3n) is 6.96. The molecule has 0 atom stereocenters. The molecule has 2 aliphatic rings. The molecule has 0 unspecified atom stereocenters. The van der Waals surface area contributed by atoms with Crippen molar-refractivity contribution in [3.8, 4) is 5.75 Å². The van der Waals surface area contributed by atoms with Crippen molar-refractivity contribution in [2.24, 2.45) is 5.92 Å². The van der Waals surface area contributed by atoms with Gasteiger partial charge in [0.1, 0.15) is 11.4 Å². The Labute approximate surface area is 209 Å². The number of anilines is 1. The highest BCUT2D eigenvalue weighted by atomic mass is 32.2. The molecule has 192 valence electrons. The van der Waals surface area contributed by atoms with Gasteiger partial charge in [0.25, 0.3) is 21.6 Å². The average Bonchev–Trinajstić information content (AvgIpc) is 3.61. The molecule has 0 radical (unpaired) electrons. The first-order valence-corrected chi connectivity index (χ1v) is 14.0. The SMILES string of the molecule is COc1cc2nn(C3CCC(COS(C)(=O)=O)CC3)cc2cc1C(=O)Nc1cccn(C2CC2)c1=O. The fraction of sp³-hybridized carbons (Fsp3) is 0.480. The van der Waals surface area contributed by atoms with Gasteiger partial charge in [0.05, 0.1) is 37.1 Å². The molecule has 0 aliphatic heterocycles. The second kappa shape index (κ2) is 9.70. The monoisotopic (exact) mass is 514 g/mol. The summed E-state index contributed by atoms with van der Waals surface area (Å²) in [5.74, 6) is 0.169. The topological polar surface area (TPSA) is 122 Å². The van der Waals surface area contributed by atoms with E-state index in [1.165, 1.54) is 7.11 Å². The van der Waals surface area contributed by atoms with Crippen molar-refractivity contribution in [1.29, 1.82) is 0 Å². The minimum Gasteiger partial charge on any atom is -0.496 e. The van der Waals surface area contributed by atoms with Crippen LogP contribution in [0.2, 0.25) is 0 Å². The summed E-state index contributed by atoms with van der Waals surface area (Å²) in [4.78, 5) is 25.9. The maximum absolute atomic E-state index is 13.1. The summed E-state index contributed by atoms with van der Waals surface area (Å²) in [6.07, 6.45) is 10.1. The van der Waals surface area contributed by atoms with Crippen molar-refractivity contribution in [2.75, 3.05) is 25.3 Å². The fourth-order valence-corrected chi connectivity index (χ4v) is 5.28. The summed E-state index contributed by atoms with van der Waals surface area (Å²) in [5, 5.41) is 8.27. The Kier molecular flexibility index (Phi) is 6.60. The Morgan fingerprint density at radius 2 is 1.86 bits per heavy atom. The maximum atomic E-state index is 13.1. The molecule has 2 aliphatic carbocycles. The Balaban J connectivity index is 1.32. The molecule has 1 aromatic carbocycles. The van der Waals surface area contributed by atoms with E-state index >= 15 is 0 Å². The number of rotatable bonds is 8. The Bertz CT molecular complexity index is 1450. The predicted octanol–water partition coefficient (Wildman–Crippen LogP) is 3.50. The number of amides is 1. The number of aromatic nitrogens is 3. The van der Waals surface area contributed by atoms with E-state index in [1.54, 1.807) is 35.0 Å². The predicted molar refractivity (Wildman–Crippen MR) is 135 cm³/mol. The van der Waals surface area contributed by atoms with E-state index in [4.69, 9.17) is 14.0 Å². The van der Waals surface area contributed by atoms with E-state index in [2.05, 4.69) is 5.32 Å². The minimum absolute atomic E-state index is 0.181. The van der Waals surface area contributed by atoms with E-state index in [9.17, 15) is 18.0 Å². The van der Waals surface area contributed by atoms with Gasteiger partial charge in [0.15, 0.2) is 0 Å². The van der Waals surface area contributed by atoms with E-state index in [1.807, 2.05) is 10.9 Å². The number of methoxy groups -OCH3 is 1. The van der Waals surface area contributed by atoms with Gasteiger partial charge in [0.2, 0.25) is 0 Å². The zero-order valence-electron chi connectivity index (χ0n) is 20.3. The molecule has 1 N–H and O–H groups in total. The van der Waals surface area contributed by atoms with Crippen LogP contribution in [0.25, 0.3) is 10.9 Å². The molecule has 10 nitrogen and oxygen atoms in total. The summed E-state index contributed by atoms with van der Waals surface area (Å²) in [6.45, 7) is 0.218. The van der Waals surface area contributed by atoms with E-state index in [0.29, 0.717) is 16.8 Å². The molecule has 0 bridgehead atoms. The van der Waals surface area contributed by atoms with Crippen LogP contribution in [0, 0.1) is 5.92 Å². The van der Waals surface area contributed by atoms with Gasteiger partial charge in [-0.15, -0.1) is 0 Å². The summed E-state index contributed by atoms with van der Waals surface area (Å²) in [6, 6.07) is 7.25. The van der Waals surface area contributed by atoms with Crippen molar-refractivity contribution in [3.05, 3.63) is 52.6 Å². The number of pyridine rings is 1. The lowest BCUT2D eigenvalue weighted by Gasteiger charge is -2.28. The first-order valence-electron chi connectivity index (χ1n) is 12.2. The van der Waals surface area contributed by atoms with Gasteiger partial charge < -0.3 is 14.6 Å². The Hall–Kier alpha value is -3.18. The fourth-order valence-electron chi connectivity index (χ4n) is 4.84. The van der Waals surface area contributed by atoms with Crippen molar-refractivity contribution < 1.29 is 22.1 Å². The zero-order chi connectivity index (χ0) is 25.4. The molecule has 36 heavy (non-hydrogen) atoms. The largest absolute Gasteiger partial charge is 0.496 e. The summed E-state index contributed by atoms with van der Waals surface area (Å²) in [7, 11) is -1.93. The molecule has 1 amide bonds. The molecular formula is C25H30N4O6S. The average molecular weight is 515 g/mol. The Morgan fingerprint density at radius 3 is 2.53 bits per heavy atom. The van der Waals surface area contributed by atoms with Gasteiger partial charge in [-0.3, -0.25) is 18.5 Å². The summed E-state index contributed by atoms with van der Waals surface area (Å²) >= 11 is 0. The lowest BCUT2D eigenvalue weighted by molar-refractivity contribution is 0.102. The number of hydrogen-bond donors (Lipinski definition) is 1. The molecule has 3 aromatic rings.